The van der Waals surface area contributed by atoms with E-state index in [2.05, 4.69) is 26.1 Å². The second kappa shape index (κ2) is 8.39. The molecule has 2 unspecified atom stereocenters. The molecule has 0 aliphatic rings. The summed E-state index contributed by atoms with van der Waals surface area (Å²) in [5, 5.41) is 3.36. The van der Waals surface area contributed by atoms with Crippen molar-refractivity contribution in [2.75, 3.05) is 19.4 Å². The highest BCUT2D eigenvalue weighted by Gasteiger charge is 2.26. The molecule has 0 fully saturated rings. The molecule has 5 heteroatoms. The van der Waals surface area contributed by atoms with E-state index >= 15 is 0 Å². The van der Waals surface area contributed by atoms with E-state index in [9.17, 15) is 8.42 Å². The second-order valence-electron chi connectivity index (χ2n) is 5.38. The highest BCUT2D eigenvalue weighted by molar-refractivity contribution is 7.91. The molecule has 1 N–H and O–H groups in total. The van der Waals surface area contributed by atoms with Crippen LogP contribution >= 0.6 is 0 Å². The maximum Gasteiger partial charge on any atom is 0.183 e. The Labute approximate surface area is 128 Å². The van der Waals surface area contributed by atoms with Gasteiger partial charge in [-0.1, -0.05) is 39.3 Å². The molecule has 0 saturated carbocycles. The second-order valence-corrected chi connectivity index (χ2v) is 7.38. The maximum atomic E-state index is 12.7. The van der Waals surface area contributed by atoms with Gasteiger partial charge in [0.1, 0.15) is 10.6 Å². The number of sulfone groups is 1. The van der Waals surface area contributed by atoms with Crippen LogP contribution < -0.4 is 10.1 Å². The Hall–Kier alpha value is -1.07. The van der Waals surface area contributed by atoms with Gasteiger partial charge in [-0.3, -0.25) is 0 Å². The van der Waals surface area contributed by atoms with E-state index in [1.165, 1.54) is 7.11 Å². The van der Waals surface area contributed by atoms with Crippen molar-refractivity contribution in [1.29, 1.82) is 0 Å². The molecule has 0 bridgehead atoms. The Balaban J connectivity index is 2.99. The lowest BCUT2D eigenvalue weighted by Crippen LogP contribution is -2.41. The summed E-state index contributed by atoms with van der Waals surface area (Å²) in [5.41, 5.74) is 0. The first-order valence-corrected chi connectivity index (χ1v) is 9.20. The minimum absolute atomic E-state index is 0.0372. The Morgan fingerprint density at radius 3 is 2.48 bits per heavy atom. The van der Waals surface area contributed by atoms with E-state index in [1.54, 1.807) is 24.3 Å². The Bertz CT molecular complexity index is 528. The third-order valence-corrected chi connectivity index (χ3v) is 5.60. The van der Waals surface area contributed by atoms with Crippen LogP contribution in [0.1, 0.15) is 33.6 Å². The number of hydrogen-bond acceptors (Lipinski definition) is 4. The van der Waals surface area contributed by atoms with Crippen molar-refractivity contribution >= 4 is 9.84 Å². The topological polar surface area (TPSA) is 55.4 Å². The summed E-state index contributed by atoms with van der Waals surface area (Å²) in [7, 11) is -1.88. The van der Waals surface area contributed by atoms with Gasteiger partial charge >= 0.3 is 0 Å². The zero-order valence-corrected chi connectivity index (χ0v) is 14.2. The molecule has 1 rings (SSSR count). The van der Waals surface area contributed by atoms with Gasteiger partial charge in [0, 0.05) is 6.04 Å². The zero-order chi connectivity index (χ0) is 15.9. The Morgan fingerprint density at radius 2 is 1.90 bits per heavy atom. The van der Waals surface area contributed by atoms with Crippen LogP contribution in [0.15, 0.2) is 29.2 Å². The average Bonchev–Trinajstić information content (AvgIpc) is 2.50. The number of nitrogens with one attached hydrogen (secondary N) is 1. The molecule has 0 radical (unpaired) electrons. The van der Waals surface area contributed by atoms with Gasteiger partial charge in [0.2, 0.25) is 0 Å². The van der Waals surface area contributed by atoms with Crippen molar-refractivity contribution in [1.82, 2.24) is 5.32 Å². The highest BCUT2D eigenvalue weighted by atomic mass is 32.2. The third kappa shape index (κ3) is 5.00. The number of hydrogen-bond donors (Lipinski definition) is 1. The quantitative estimate of drug-likeness (QED) is 0.761. The van der Waals surface area contributed by atoms with Crippen LogP contribution in [0.25, 0.3) is 0 Å². The molecule has 0 heterocycles. The monoisotopic (exact) mass is 313 g/mol. The minimum Gasteiger partial charge on any atom is -0.495 e. The molecule has 0 aromatic heterocycles. The van der Waals surface area contributed by atoms with Gasteiger partial charge in [0.25, 0.3) is 0 Å². The summed E-state index contributed by atoms with van der Waals surface area (Å²) < 4.78 is 30.6. The van der Waals surface area contributed by atoms with Crippen LogP contribution in [0.5, 0.6) is 5.75 Å². The SMILES string of the molecule is CCCNC(CS(=O)(=O)c1ccccc1OC)C(C)CC. The molecule has 2 atom stereocenters. The van der Waals surface area contributed by atoms with Gasteiger partial charge in [-0.2, -0.15) is 0 Å². The molecule has 4 nitrogen and oxygen atoms in total. The molecule has 1 aromatic carbocycles. The van der Waals surface area contributed by atoms with Crippen molar-refractivity contribution < 1.29 is 13.2 Å². The van der Waals surface area contributed by atoms with E-state index in [-0.39, 0.29) is 16.7 Å². The van der Waals surface area contributed by atoms with E-state index in [4.69, 9.17) is 4.74 Å². The molecule has 0 aliphatic carbocycles. The molecule has 0 spiro atoms. The van der Waals surface area contributed by atoms with Crippen LogP contribution in [0.4, 0.5) is 0 Å². The van der Waals surface area contributed by atoms with Gasteiger partial charge in [-0.25, -0.2) is 8.42 Å². The molecule has 120 valence electrons. The lowest BCUT2D eigenvalue weighted by Gasteiger charge is -2.24. The van der Waals surface area contributed by atoms with Gasteiger partial charge in [-0.05, 0) is 31.0 Å². The summed E-state index contributed by atoms with van der Waals surface area (Å²) in [5.74, 6) is 0.819. The first kappa shape index (κ1) is 18.0. The summed E-state index contributed by atoms with van der Waals surface area (Å²) in [6.07, 6.45) is 1.93. The Morgan fingerprint density at radius 1 is 1.24 bits per heavy atom. The van der Waals surface area contributed by atoms with Gasteiger partial charge in [0.15, 0.2) is 9.84 Å². The molecule has 1 aromatic rings. The van der Waals surface area contributed by atoms with Crippen LogP contribution in [0.3, 0.4) is 0 Å². The van der Waals surface area contributed by atoms with Crippen molar-refractivity contribution in [3.63, 3.8) is 0 Å². The highest BCUT2D eigenvalue weighted by Crippen LogP contribution is 2.25. The number of ether oxygens (including phenoxy) is 1. The minimum atomic E-state index is -3.38. The lowest BCUT2D eigenvalue weighted by molar-refractivity contribution is 0.388. The van der Waals surface area contributed by atoms with Crippen molar-refractivity contribution in [2.45, 2.75) is 44.6 Å². The molecule has 0 amide bonds. The van der Waals surface area contributed by atoms with E-state index < -0.39 is 9.84 Å². The van der Waals surface area contributed by atoms with Gasteiger partial charge in [0.05, 0.1) is 12.9 Å². The number of rotatable bonds is 9. The summed E-state index contributed by atoms with van der Waals surface area (Å²) in [6, 6.07) is 6.77. The Kier molecular flexibility index (Phi) is 7.18. The lowest BCUT2D eigenvalue weighted by atomic mass is 10.0. The zero-order valence-electron chi connectivity index (χ0n) is 13.4. The fourth-order valence-corrected chi connectivity index (χ4v) is 4.08. The van der Waals surface area contributed by atoms with E-state index in [0.717, 1.165) is 19.4 Å². The fourth-order valence-electron chi connectivity index (χ4n) is 2.24. The molecule has 0 aliphatic heterocycles. The summed E-state index contributed by atoms with van der Waals surface area (Å²) in [6.45, 7) is 7.08. The van der Waals surface area contributed by atoms with Crippen molar-refractivity contribution in [3.05, 3.63) is 24.3 Å². The molecular weight excluding hydrogens is 286 g/mol. The first-order chi connectivity index (χ1) is 9.96. The van der Waals surface area contributed by atoms with Gasteiger partial charge < -0.3 is 10.1 Å². The normalized spacial score (nSPS) is 14.7. The summed E-state index contributed by atoms with van der Waals surface area (Å²) in [4.78, 5) is 0.277. The molecular formula is C16H27NO3S. The number of benzene rings is 1. The van der Waals surface area contributed by atoms with Crippen LogP contribution in [0.2, 0.25) is 0 Å². The fraction of sp³-hybridized carbons (Fsp3) is 0.625. The average molecular weight is 313 g/mol. The first-order valence-electron chi connectivity index (χ1n) is 7.55. The number of para-hydroxylation sites is 1. The summed E-state index contributed by atoms with van der Waals surface area (Å²) >= 11 is 0. The standard InChI is InChI=1S/C16H27NO3S/c1-5-11-17-14(13(3)6-2)12-21(18,19)16-10-8-7-9-15(16)20-4/h7-10,13-14,17H,5-6,11-12H2,1-4H3. The number of methoxy groups -OCH3 is 1. The largest absolute Gasteiger partial charge is 0.495 e. The third-order valence-electron chi connectivity index (χ3n) is 3.79. The smallest absolute Gasteiger partial charge is 0.183 e. The molecule has 0 saturated heterocycles. The predicted octanol–water partition coefficient (Wildman–Crippen LogP) is 2.88. The van der Waals surface area contributed by atoms with E-state index in [0.29, 0.717) is 11.7 Å². The van der Waals surface area contributed by atoms with Crippen LogP contribution in [-0.4, -0.2) is 33.9 Å². The van der Waals surface area contributed by atoms with Crippen LogP contribution in [-0.2, 0) is 9.84 Å². The maximum absolute atomic E-state index is 12.7. The van der Waals surface area contributed by atoms with Gasteiger partial charge in [-0.15, -0.1) is 0 Å². The molecule has 21 heavy (non-hydrogen) atoms. The predicted molar refractivity (Wildman–Crippen MR) is 86.6 cm³/mol. The van der Waals surface area contributed by atoms with Crippen LogP contribution in [0, 0.1) is 5.92 Å². The van der Waals surface area contributed by atoms with Crippen molar-refractivity contribution in [3.8, 4) is 5.75 Å². The van der Waals surface area contributed by atoms with E-state index in [1.807, 2.05) is 0 Å². The van der Waals surface area contributed by atoms with Crippen molar-refractivity contribution in [2.24, 2.45) is 5.92 Å².